The third-order valence-electron chi connectivity index (χ3n) is 4.37. The third-order valence-corrected chi connectivity index (χ3v) is 4.37. The van der Waals surface area contributed by atoms with E-state index in [0.29, 0.717) is 18.9 Å². The molecule has 2 aromatic heterocycles. The van der Waals surface area contributed by atoms with Crippen molar-refractivity contribution in [2.45, 2.75) is 64.8 Å². The fraction of sp³-hybridized carbons (Fsp3) is 0.611. The summed E-state index contributed by atoms with van der Waals surface area (Å²) in [5, 5.41) is 9.66. The number of pyridine rings is 1. The van der Waals surface area contributed by atoms with Crippen LogP contribution in [-0.4, -0.2) is 48.8 Å². The van der Waals surface area contributed by atoms with Gasteiger partial charge in [-0.1, -0.05) is 0 Å². The number of carbonyl (C=O) groups is 1. The largest absolute Gasteiger partial charge is 0.444 e. The SMILES string of the molecule is CC(C)(C)OC(=O)N1CCCC[C@H]1Cn1c(CO)nc2cccnc21. The van der Waals surface area contributed by atoms with Crippen LogP contribution in [0.1, 0.15) is 45.9 Å². The van der Waals surface area contributed by atoms with E-state index in [4.69, 9.17) is 4.74 Å². The fourth-order valence-electron chi connectivity index (χ4n) is 3.28. The lowest BCUT2D eigenvalue weighted by atomic mass is 10.0. The monoisotopic (exact) mass is 346 g/mol. The maximum atomic E-state index is 12.6. The summed E-state index contributed by atoms with van der Waals surface area (Å²) in [4.78, 5) is 23.2. The summed E-state index contributed by atoms with van der Waals surface area (Å²) in [5.41, 5.74) is 0.978. The molecule has 1 amide bonds. The number of fused-ring (bicyclic) bond motifs is 1. The van der Waals surface area contributed by atoms with Gasteiger partial charge in [-0.2, -0.15) is 0 Å². The molecule has 3 heterocycles. The number of nitrogens with zero attached hydrogens (tertiary/aromatic N) is 4. The molecule has 1 aliphatic heterocycles. The Morgan fingerprint density at radius 3 is 2.92 bits per heavy atom. The van der Waals surface area contributed by atoms with Crippen molar-refractivity contribution in [1.29, 1.82) is 0 Å². The van der Waals surface area contributed by atoms with E-state index in [0.717, 1.165) is 30.4 Å². The summed E-state index contributed by atoms with van der Waals surface area (Å²) in [7, 11) is 0. The lowest BCUT2D eigenvalue weighted by molar-refractivity contribution is 0.00773. The van der Waals surface area contributed by atoms with Crippen molar-refractivity contribution in [3.8, 4) is 0 Å². The number of piperidine rings is 1. The lowest BCUT2D eigenvalue weighted by Gasteiger charge is -2.37. The molecule has 1 saturated heterocycles. The average Bonchev–Trinajstić information content (AvgIpc) is 2.92. The highest BCUT2D eigenvalue weighted by molar-refractivity contribution is 5.71. The molecule has 7 nitrogen and oxygen atoms in total. The number of likely N-dealkylation sites (tertiary alicyclic amines) is 1. The second-order valence-electron chi connectivity index (χ2n) is 7.47. The zero-order valence-electron chi connectivity index (χ0n) is 15.1. The van der Waals surface area contributed by atoms with Crippen LogP contribution in [0.3, 0.4) is 0 Å². The average molecular weight is 346 g/mol. The predicted octanol–water partition coefficient (Wildman–Crippen LogP) is 2.71. The molecule has 0 unspecified atom stereocenters. The lowest BCUT2D eigenvalue weighted by Crippen LogP contribution is -2.48. The van der Waals surface area contributed by atoms with Crippen LogP contribution in [-0.2, 0) is 17.9 Å². The summed E-state index contributed by atoms with van der Waals surface area (Å²) in [6.45, 7) is 6.72. The highest BCUT2D eigenvalue weighted by Crippen LogP contribution is 2.24. The molecule has 136 valence electrons. The van der Waals surface area contributed by atoms with Gasteiger partial charge in [-0.25, -0.2) is 14.8 Å². The van der Waals surface area contributed by atoms with Gasteiger partial charge in [-0.05, 0) is 52.2 Å². The second kappa shape index (κ2) is 7.00. The van der Waals surface area contributed by atoms with Gasteiger partial charge < -0.3 is 19.3 Å². The number of hydrogen-bond donors (Lipinski definition) is 1. The Balaban J connectivity index is 1.86. The van der Waals surface area contributed by atoms with Gasteiger partial charge in [0.1, 0.15) is 23.5 Å². The summed E-state index contributed by atoms with van der Waals surface area (Å²) in [5.74, 6) is 0.573. The van der Waals surface area contributed by atoms with E-state index in [1.165, 1.54) is 0 Å². The van der Waals surface area contributed by atoms with Crippen molar-refractivity contribution in [3.63, 3.8) is 0 Å². The minimum atomic E-state index is -0.515. The Hall–Kier alpha value is -2.15. The van der Waals surface area contributed by atoms with Crippen molar-refractivity contribution in [2.75, 3.05) is 6.54 Å². The summed E-state index contributed by atoms with van der Waals surface area (Å²) in [6.07, 6.45) is 4.38. The van der Waals surface area contributed by atoms with Crippen LogP contribution in [0.4, 0.5) is 4.79 Å². The number of aliphatic hydroxyl groups excluding tert-OH is 1. The van der Waals surface area contributed by atoms with E-state index in [1.807, 2.05) is 42.4 Å². The van der Waals surface area contributed by atoms with Gasteiger partial charge in [-0.15, -0.1) is 0 Å². The molecule has 1 N–H and O–H groups in total. The number of imidazole rings is 1. The Kier molecular flexibility index (Phi) is 4.94. The summed E-state index contributed by atoms with van der Waals surface area (Å²) >= 11 is 0. The first-order valence-electron chi connectivity index (χ1n) is 8.79. The molecule has 25 heavy (non-hydrogen) atoms. The molecule has 0 aliphatic carbocycles. The zero-order valence-corrected chi connectivity index (χ0v) is 15.1. The van der Waals surface area contributed by atoms with Crippen molar-refractivity contribution in [2.24, 2.45) is 0 Å². The number of carbonyl (C=O) groups excluding carboxylic acids is 1. The normalized spacial score (nSPS) is 18.6. The van der Waals surface area contributed by atoms with Crippen LogP contribution in [0.25, 0.3) is 11.2 Å². The van der Waals surface area contributed by atoms with Gasteiger partial charge in [0, 0.05) is 19.3 Å². The topological polar surface area (TPSA) is 80.5 Å². The molecule has 0 radical (unpaired) electrons. The van der Waals surface area contributed by atoms with Crippen LogP contribution < -0.4 is 0 Å². The van der Waals surface area contributed by atoms with Gasteiger partial charge in [-0.3, -0.25) is 0 Å². The Morgan fingerprint density at radius 1 is 1.40 bits per heavy atom. The van der Waals surface area contributed by atoms with Gasteiger partial charge in [0.05, 0.1) is 6.04 Å². The molecular formula is C18H26N4O3. The number of aromatic nitrogens is 3. The van der Waals surface area contributed by atoms with Gasteiger partial charge in [0.2, 0.25) is 0 Å². The highest BCUT2D eigenvalue weighted by atomic mass is 16.6. The molecule has 0 saturated carbocycles. The number of aliphatic hydroxyl groups is 1. The van der Waals surface area contributed by atoms with E-state index in [9.17, 15) is 9.90 Å². The van der Waals surface area contributed by atoms with Crippen LogP contribution in [0, 0.1) is 0 Å². The third kappa shape index (κ3) is 3.92. The van der Waals surface area contributed by atoms with Gasteiger partial charge in [0.15, 0.2) is 5.65 Å². The first-order valence-corrected chi connectivity index (χ1v) is 8.79. The molecule has 1 atom stereocenters. The quantitative estimate of drug-likeness (QED) is 0.924. The molecule has 0 bridgehead atoms. The molecule has 1 fully saturated rings. The van der Waals surface area contributed by atoms with Gasteiger partial charge in [0.25, 0.3) is 0 Å². The maximum absolute atomic E-state index is 12.6. The zero-order chi connectivity index (χ0) is 18.0. The van der Waals surface area contributed by atoms with Crippen LogP contribution in [0.5, 0.6) is 0 Å². The Bertz CT molecular complexity index is 750. The molecule has 1 aliphatic rings. The molecular weight excluding hydrogens is 320 g/mol. The van der Waals surface area contributed by atoms with Crippen molar-refractivity contribution in [3.05, 3.63) is 24.2 Å². The number of hydrogen-bond acceptors (Lipinski definition) is 5. The highest BCUT2D eigenvalue weighted by Gasteiger charge is 2.31. The van der Waals surface area contributed by atoms with Crippen molar-refractivity contribution < 1.29 is 14.6 Å². The molecule has 0 aromatic carbocycles. The maximum Gasteiger partial charge on any atom is 0.410 e. The van der Waals surface area contributed by atoms with Crippen LogP contribution >= 0.6 is 0 Å². The molecule has 7 heteroatoms. The number of amides is 1. The van der Waals surface area contributed by atoms with E-state index >= 15 is 0 Å². The van der Waals surface area contributed by atoms with Crippen molar-refractivity contribution in [1.82, 2.24) is 19.4 Å². The first kappa shape index (κ1) is 17.7. The van der Waals surface area contributed by atoms with Crippen LogP contribution in [0.2, 0.25) is 0 Å². The Morgan fingerprint density at radius 2 is 2.20 bits per heavy atom. The van der Waals surface area contributed by atoms with Crippen LogP contribution in [0.15, 0.2) is 18.3 Å². The number of rotatable bonds is 3. The van der Waals surface area contributed by atoms with Crippen molar-refractivity contribution >= 4 is 17.3 Å². The second-order valence-corrected chi connectivity index (χ2v) is 7.47. The van der Waals surface area contributed by atoms with Gasteiger partial charge >= 0.3 is 6.09 Å². The Labute approximate surface area is 147 Å². The molecule has 2 aromatic rings. The fourth-order valence-corrected chi connectivity index (χ4v) is 3.28. The number of ether oxygens (including phenoxy) is 1. The van der Waals surface area contributed by atoms with E-state index in [1.54, 1.807) is 6.20 Å². The summed E-state index contributed by atoms with van der Waals surface area (Å²) < 4.78 is 7.49. The first-order chi connectivity index (χ1) is 11.9. The summed E-state index contributed by atoms with van der Waals surface area (Å²) in [6, 6.07) is 3.71. The smallest absolute Gasteiger partial charge is 0.410 e. The molecule has 0 spiro atoms. The van der Waals surface area contributed by atoms with E-state index < -0.39 is 5.60 Å². The van der Waals surface area contributed by atoms with E-state index in [-0.39, 0.29) is 18.7 Å². The minimum Gasteiger partial charge on any atom is -0.444 e. The standard InChI is InChI=1S/C18H26N4O3/c1-18(2,3)25-17(24)21-10-5-4-7-13(21)11-22-15(12-23)20-14-8-6-9-19-16(14)22/h6,8-9,13,23H,4-5,7,10-12H2,1-3H3/t13-/m0/s1. The minimum absolute atomic E-state index is 0.00769. The predicted molar refractivity (Wildman–Crippen MR) is 94.0 cm³/mol. The molecule has 3 rings (SSSR count). The van der Waals surface area contributed by atoms with E-state index in [2.05, 4.69) is 9.97 Å².